The normalized spacial score (nSPS) is 22.9. The minimum Gasteiger partial charge on any atom is -0.379 e. The molecule has 5 nitrogen and oxygen atoms in total. The Bertz CT molecular complexity index is 818. The molecule has 1 aliphatic rings. The highest BCUT2D eigenvalue weighted by Gasteiger charge is 2.55. The van der Waals surface area contributed by atoms with Gasteiger partial charge in [0.05, 0.1) is 17.4 Å². The maximum absolute atomic E-state index is 13.0. The van der Waals surface area contributed by atoms with Gasteiger partial charge in [0.25, 0.3) is 5.56 Å². The largest absolute Gasteiger partial charge is 0.418 e. The summed E-state index contributed by atoms with van der Waals surface area (Å²) in [5.41, 5.74) is -2.43. The van der Waals surface area contributed by atoms with Crippen molar-refractivity contribution in [3.05, 3.63) is 40.4 Å². The Morgan fingerprint density at radius 1 is 1.33 bits per heavy atom. The topological polar surface area (TPSA) is 58.4 Å². The molecule has 0 aliphatic carbocycles. The summed E-state index contributed by atoms with van der Waals surface area (Å²) >= 11 is 0. The van der Waals surface area contributed by atoms with Crippen LogP contribution in [0.4, 0.5) is 13.2 Å². The number of halogens is 3. The van der Waals surface area contributed by atoms with Crippen LogP contribution in [0.15, 0.2) is 29.1 Å². The first-order valence-corrected chi connectivity index (χ1v) is 7.67. The maximum Gasteiger partial charge on any atom is 0.418 e. The summed E-state index contributed by atoms with van der Waals surface area (Å²) in [6.07, 6.45) is -4.75. The third-order valence-electron chi connectivity index (χ3n) is 4.52. The number of rotatable bonds is 2. The molecule has 8 heteroatoms. The van der Waals surface area contributed by atoms with Crippen LogP contribution >= 0.6 is 0 Å². The fourth-order valence-corrected chi connectivity index (χ4v) is 3.09. The Kier molecular flexibility index (Phi) is 4.13. The van der Waals surface area contributed by atoms with Gasteiger partial charge in [-0.1, -0.05) is 12.1 Å². The number of aliphatic hydroxyl groups is 1. The summed E-state index contributed by atoms with van der Waals surface area (Å²) in [5.74, 6) is 0.380. The molecule has 2 heterocycles. The van der Waals surface area contributed by atoms with E-state index in [1.54, 1.807) is 31.3 Å². The second-order valence-corrected chi connectivity index (χ2v) is 6.25. The average molecular weight is 341 g/mol. The number of aromatic nitrogens is 2. The molecule has 0 bridgehead atoms. The zero-order valence-electron chi connectivity index (χ0n) is 13.2. The van der Waals surface area contributed by atoms with Gasteiger partial charge in [0.15, 0.2) is 5.60 Å². The molecular formula is C16H18F3N3O2. The van der Waals surface area contributed by atoms with Gasteiger partial charge in [0, 0.05) is 13.6 Å². The third kappa shape index (κ3) is 2.91. The second kappa shape index (κ2) is 5.86. The summed E-state index contributed by atoms with van der Waals surface area (Å²) in [7, 11) is 1.55. The highest BCUT2D eigenvalue weighted by molar-refractivity contribution is 5.77. The van der Waals surface area contributed by atoms with Crippen molar-refractivity contribution in [2.45, 2.75) is 31.2 Å². The van der Waals surface area contributed by atoms with Crippen LogP contribution in [-0.2, 0) is 13.6 Å². The Hall–Kier alpha value is -1.93. The van der Waals surface area contributed by atoms with Crippen LogP contribution in [0.2, 0.25) is 0 Å². The number of fused-ring (bicyclic) bond motifs is 1. The number of para-hydroxylation sites is 1. The predicted molar refractivity (Wildman–Crippen MR) is 82.5 cm³/mol. The molecule has 0 spiro atoms. The number of hydrogen-bond acceptors (Lipinski definition) is 4. The van der Waals surface area contributed by atoms with Crippen molar-refractivity contribution >= 4 is 10.9 Å². The summed E-state index contributed by atoms with van der Waals surface area (Å²) in [6, 6.07) is 6.85. The zero-order chi connectivity index (χ0) is 17.5. The number of likely N-dealkylation sites (tertiary alicyclic amines) is 1. The SMILES string of the molecule is Cn1c(CN2CCCC(O)(C(F)(F)F)C2)nc2ccccc2c1=O. The molecule has 1 aromatic carbocycles. The van der Waals surface area contributed by atoms with Crippen molar-refractivity contribution in [3.8, 4) is 0 Å². The lowest BCUT2D eigenvalue weighted by Gasteiger charge is -2.40. The summed E-state index contributed by atoms with van der Waals surface area (Å²) in [5, 5.41) is 10.4. The quantitative estimate of drug-likeness (QED) is 0.905. The molecule has 1 atom stereocenters. The lowest BCUT2D eigenvalue weighted by Crippen LogP contribution is -2.56. The van der Waals surface area contributed by atoms with Crippen LogP contribution in [0.1, 0.15) is 18.7 Å². The number of benzene rings is 1. The van der Waals surface area contributed by atoms with Crippen molar-refractivity contribution < 1.29 is 18.3 Å². The molecule has 1 aromatic heterocycles. The number of nitrogens with zero attached hydrogens (tertiary/aromatic N) is 3. The fraction of sp³-hybridized carbons (Fsp3) is 0.500. The zero-order valence-corrected chi connectivity index (χ0v) is 13.2. The van der Waals surface area contributed by atoms with Crippen LogP contribution in [-0.4, -0.2) is 44.4 Å². The smallest absolute Gasteiger partial charge is 0.379 e. The lowest BCUT2D eigenvalue weighted by molar-refractivity contribution is -0.274. The third-order valence-corrected chi connectivity index (χ3v) is 4.52. The van der Waals surface area contributed by atoms with E-state index in [4.69, 9.17) is 0 Å². The van der Waals surface area contributed by atoms with Gasteiger partial charge >= 0.3 is 6.18 Å². The van der Waals surface area contributed by atoms with Gasteiger partial charge in [0.1, 0.15) is 5.82 Å². The molecule has 0 saturated carbocycles. The molecule has 0 amide bonds. The summed E-state index contributed by atoms with van der Waals surface area (Å²) in [6.45, 7) is -0.0186. The molecule has 1 unspecified atom stereocenters. The Labute approximate surface area is 136 Å². The van der Waals surface area contributed by atoms with Gasteiger partial charge in [0.2, 0.25) is 0 Å². The van der Waals surface area contributed by atoms with Gasteiger partial charge in [-0.3, -0.25) is 14.3 Å². The van der Waals surface area contributed by atoms with E-state index in [-0.39, 0.29) is 24.9 Å². The van der Waals surface area contributed by atoms with Crippen molar-refractivity contribution in [1.82, 2.24) is 14.5 Å². The molecule has 3 rings (SSSR count). The second-order valence-electron chi connectivity index (χ2n) is 6.25. The molecule has 1 saturated heterocycles. The van der Waals surface area contributed by atoms with E-state index >= 15 is 0 Å². The van der Waals surface area contributed by atoms with Crippen molar-refractivity contribution in [3.63, 3.8) is 0 Å². The molecule has 1 aliphatic heterocycles. The summed E-state index contributed by atoms with van der Waals surface area (Å²) < 4.78 is 40.5. The molecule has 1 fully saturated rings. The highest BCUT2D eigenvalue weighted by Crippen LogP contribution is 2.37. The van der Waals surface area contributed by atoms with Crippen LogP contribution in [0.25, 0.3) is 10.9 Å². The van der Waals surface area contributed by atoms with Crippen molar-refractivity contribution in [2.75, 3.05) is 13.1 Å². The fourth-order valence-electron chi connectivity index (χ4n) is 3.09. The minimum absolute atomic E-state index is 0.0783. The first-order valence-electron chi connectivity index (χ1n) is 7.67. The van der Waals surface area contributed by atoms with Gasteiger partial charge in [-0.2, -0.15) is 13.2 Å². The monoisotopic (exact) mass is 341 g/mol. The number of piperidine rings is 1. The van der Waals surface area contributed by atoms with E-state index in [0.29, 0.717) is 23.3 Å². The van der Waals surface area contributed by atoms with E-state index in [1.807, 2.05) is 0 Å². The first-order chi connectivity index (χ1) is 11.2. The van der Waals surface area contributed by atoms with Gasteiger partial charge in [-0.25, -0.2) is 4.98 Å². The van der Waals surface area contributed by atoms with Crippen molar-refractivity contribution in [2.24, 2.45) is 7.05 Å². The van der Waals surface area contributed by atoms with E-state index in [2.05, 4.69) is 4.98 Å². The van der Waals surface area contributed by atoms with Crippen molar-refractivity contribution in [1.29, 1.82) is 0 Å². The molecule has 2 aromatic rings. The van der Waals surface area contributed by atoms with Crippen LogP contribution < -0.4 is 5.56 Å². The Morgan fingerprint density at radius 3 is 2.75 bits per heavy atom. The van der Waals surface area contributed by atoms with Gasteiger partial charge in [-0.05, 0) is 31.5 Å². The molecule has 1 N–H and O–H groups in total. The van der Waals surface area contributed by atoms with Gasteiger partial charge in [-0.15, -0.1) is 0 Å². The molecule has 24 heavy (non-hydrogen) atoms. The molecule has 0 radical (unpaired) electrons. The molecular weight excluding hydrogens is 323 g/mol. The first kappa shape index (κ1) is 16.9. The van der Waals surface area contributed by atoms with Gasteiger partial charge < -0.3 is 5.11 Å². The maximum atomic E-state index is 13.0. The number of alkyl halides is 3. The van der Waals surface area contributed by atoms with Crippen LogP contribution in [0.3, 0.4) is 0 Å². The van der Waals surface area contributed by atoms with E-state index in [9.17, 15) is 23.1 Å². The van der Waals surface area contributed by atoms with E-state index < -0.39 is 18.3 Å². The Balaban J connectivity index is 1.90. The highest BCUT2D eigenvalue weighted by atomic mass is 19.4. The minimum atomic E-state index is -4.67. The van der Waals surface area contributed by atoms with Crippen LogP contribution in [0, 0.1) is 0 Å². The molecule has 130 valence electrons. The number of hydrogen-bond donors (Lipinski definition) is 1. The van der Waals surface area contributed by atoms with E-state index in [0.717, 1.165) is 0 Å². The lowest BCUT2D eigenvalue weighted by atomic mass is 9.92. The predicted octanol–water partition coefficient (Wildman–Crippen LogP) is 1.82. The number of β-amino-alcohol motifs (C(OH)–C–C–N with tert-alkyl or cyclic N) is 1. The average Bonchev–Trinajstić information content (AvgIpc) is 2.51. The standard InChI is InChI=1S/C16H18F3N3O2/c1-21-13(20-12-6-3-2-5-11(12)14(21)23)9-22-8-4-7-15(24,10-22)16(17,18)19/h2-3,5-6,24H,4,7-10H2,1H3. The summed E-state index contributed by atoms with van der Waals surface area (Å²) in [4.78, 5) is 18.2. The van der Waals surface area contributed by atoms with Crippen LogP contribution in [0.5, 0.6) is 0 Å². The Morgan fingerprint density at radius 2 is 2.04 bits per heavy atom. The van der Waals surface area contributed by atoms with E-state index in [1.165, 1.54) is 9.47 Å².